The first kappa shape index (κ1) is 13.4. The Hall–Kier alpha value is -2.60. The molecular weight excluding hydrogens is 294 g/mol. The van der Waals surface area contributed by atoms with Crippen molar-refractivity contribution in [3.63, 3.8) is 0 Å². The quantitative estimate of drug-likeness (QED) is 0.800. The molecule has 0 aliphatic heterocycles. The van der Waals surface area contributed by atoms with Gasteiger partial charge in [-0.05, 0) is 24.3 Å². The van der Waals surface area contributed by atoms with Gasteiger partial charge in [0.2, 0.25) is 5.82 Å². The molecule has 3 aromatic rings. The van der Waals surface area contributed by atoms with Crippen LogP contribution in [-0.2, 0) is 0 Å². The normalized spacial score (nSPS) is 10.6. The van der Waals surface area contributed by atoms with Crippen LogP contribution in [0, 0.1) is 0 Å². The zero-order valence-corrected chi connectivity index (χ0v) is 11.7. The van der Waals surface area contributed by atoms with Crippen molar-refractivity contribution < 1.29 is 14.4 Å². The molecule has 1 aromatic carbocycles. The van der Waals surface area contributed by atoms with Crippen LogP contribution in [0.5, 0.6) is 11.5 Å². The molecule has 3 rings (SSSR count). The maximum absolute atomic E-state index is 9.96. The molecule has 106 valence electrons. The number of pyridine rings is 1. The Morgan fingerprint density at radius 2 is 2.14 bits per heavy atom. The van der Waals surface area contributed by atoms with Crippen molar-refractivity contribution in [1.29, 1.82) is 0 Å². The molecule has 21 heavy (non-hydrogen) atoms. The predicted octanol–water partition coefficient (Wildman–Crippen LogP) is 3.17. The van der Waals surface area contributed by atoms with Crippen molar-refractivity contribution in [1.82, 2.24) is 15.1 Å². The summed E-state index contributed by atoms with van der Waals surface area (Å²) in [6.45, 7) is 0. The maximum atomic E-state index is 9.96. The van der Waals surface area contributed by atoms with E-state index < -0.39 is 0 Å². The fourth-order valence-corrected chi connectivity index (χ4v) is 2.00. The van der Waals surface area contributed by atoms with Crippen molar-refractivity contribution in [2.45, 2.75) is 0 Å². The molecule has 6 nitrogen and oxygen atoms in total. The molecule has 0 bridgehead atoms. The number of hydrogen-bond donors (Lipinski definition) is 1. The van der Waals surface area contributed by atoms with E-state index in [-0.39, 0.29) is 17.5 Å². The minimum absolute atomic E-state index is 0.0170. The van der Waals surface area contributed by atoms with Crippen molar-refractivity contribution in [3.05, 3.63) is 41.6 Å². The first-order chi connectivity index (χ1) is 10.2. The van der Waals surface area contributed by atoms with E-state index in [9.17, 15) is 5.11 Å². The Morgan fingerprint density at radius 3 is 2.86 bits per heavy atom. The highest BCUT2D eigenvalue weighted by Crippen LogP contribution is 2.33. The Bertz CT molecular complexity index is 789. The van der Waals surface area contributed by atoms with Gasteiger partial charge in [-0.3, -0.25) is 4.98 Å². The van der Waals surface area contributed by atoms with E-state index in [0.29, 0.717) is 22.0 Å². The van der Waals surface area contributed by atoms with Gasteiger partial charge in [-0.1, -0.05) is 16.8 Å². The average molecular weight is 304 g/mol. The summed E-state index contributed by atoms with van der Waals surface area (Å²) >= 11 is 6.03. The van der Waals surface area contributed by atoms with Gasteiger partial charge < -0.3 is 14.4 Å². The Labute approximate surface area is 125 Å². The van der Waals surface area contributed by atoms with E-state index in [4.69, 9.17) is 20.9 Å². The first-order valence-corrected chi connectivity index (χ1v) is 6.39. The lowest BCUT2D eigenvalue weighted by atomic mass is 10.2. The van der Waals surface area contributed by atoms with Crippen molar-refractivity contribution >= 4 is 11.6 Å². The number of benzene rings is 1. The van der Waals surface area contributed by atoms with Crippen LogP contribution in [0.3, 0.4) is 0 Å². The van der Waals surface area contributed by atoms with Crippen LogP contribution in [0.2, 0.25) is 5.02 Å². The number of rotatable bonds is 3. The second-order valence-electron chi connectivity index (χ2n) is 4.14. The minimum Gasteiger partial charge on any atom is -0.507 e. The molecule has 0 aliphatic carbocycles. The van der Waals surface area contributed by atoms with Crippen LogP contribution in [0.4, 0.5) is 0 Å². The Balaban J connectivity index is 2.01. The SMILES string of the molecule is COc1ccc(-c2nc(-c3ncccc3Cl)no2)c(O)c1. The summed E-state index contributed by atoms with van der Waals surface area (Å²) in [6, 6.07) is 8.18. The van der Waals surface area contributed by atoms with Gasteiger partial charge in [-0.15, -0.1) is 0 Å². The number of aromatic hydroxyl groups is 1. The van der Waals surface area contributed by atoms with Crippen LogP contribution < -0.4 is 4.74 Å². The molecule has 7 heteroatoms. The van der Waals surface area contributed by atoms with E-state index in [1.807, 2.05) is 0 Å². The van der Waals surface area contributed by atoms with Gasteiger partial charge in [0.05, 0.1) is 17.7 Å². The summed E-state index contributed by atoms with van der Waals surface area (Å²) in [5.74, 6) is 0.943. The van der Waals surface area contributed by atoms with Crippen LogP contribution in [0.15, 0.2) is 41.1 Å². The van der Waals surface area contributed by atoms with E-state index in [1.54, 1.807) is 30.5 Å². The number of phenolic OH excluding ortho intramolecular Hbond substituents is 1. The average Bonchev–Trinajstić information content (AvgIpc) is 2.97. The summed E-state index contributed by atoms with van der Waals surface area (Å²) in [5.41, 5.74) is 0.823. The van der Waals surface area contributed by atoms with Crippen LogP contribution in [-0.4, -0.2) is 27.3 Å². The minimum atomic E-state index is -0.0170. The zero-order chi connectivity index (χ0) is 14.8. The molecule has 0 atom stereocenters. The lowest BCUT2D eigenvalue weighted by Gasteiger charge is -2.02. The van der Waals surface area contributed by atoms with Crippen molar-refractivity contribution in [2.75, 3.05) is 7.11 Å². The van der Waals surface area contributed by atoms with Crippen LogP contribution >= 0.6 is 11.6 Å². The summed E-state index contributed by atoms with van der Waals surface area (Å²) in [5, 5.41) is 14.2. The molecule has 0 unspecified atom stereocenters. The Morgan fingerprint density at radius 1 is 1.29 bits per heavy atom. The van der Waals surface area contributed by atoms with Gasteiger partial charge >= 0.3 is 0 Å². The van der Waals surface area contributed by atoms with E-state index in [2.05, 4.69) is 15.1 Å². The van der Waals surface area contributed by atoms with Gasteiger partial charge in [0.25, 0.3) is 5.89 Å². The lowest BCUT2D eigenvalue weighted by Crippen LogP contribution is -1.87. The zero-order valence-electron chi connectivity index (χ0n) is 10.9. The van der Waals surface area contributed by atoms with Crippen LogP contribution in [0.1, 0.15) is 0 Å². The number of nitrogens with zero attached hydrogens (tertiary/aromatic N) is 3. The third-order valence-corrected chi connectivity index (χ3v) is 3.14. The van der Waals surface area contributed by atoms with Crippen LogP contribution in [0.25, 0.3) is 23.0 Å². The molecular formula is C14H10ClN3O3. The second-order valence-corrected chi connectivity index (χ2v) is 4.55. The van der Waals surface area contributed by atoms with Gasteiger partial charge in [-0.2, -0.15) is 4.98 Å². The maximum Gasteiger partial charge on any atom is 0.262 e. The topological polar surface area (TPSA) is 81.3 Å². The first-order valence-electron chi connectivity index (χ1n) is 6.01. The fourth-order valence-electron chi connectivity index (χ4n) is 1.80. The highest BCUT2D eigenvalue weighted by Gasteiger charge is 2.16. The number of aromatic nitrogens is 3. The number of ether oxygens (including phenoxy) is 1. The molecule has 1 N–H and O–H groups in total. The molecule has 0 amide bonds. The highest BCUT2D eigenvalue weighted by molar-refractivity contribution is 6.32. The number of phenols is 1. The van der Waals surface area contributed by atoms with Crippen molar-refractivity contribution in [2.24, 2.45) is 0 Å². The fraction of sp³-hybridized carbons (Fsp3) is 0.0714. The van der Waals surface area contributed by atoms with Gasteiger partial charge in [-0.25, -0.2) is 0 Å². The molecule has 0 spiro atoms. The molecule has 2 heterocycles. The third-order valence-electron chi connectivity index (χ3n) is 2.83. The Kier molecular flexibility index (Phi) is 3.45. The van der Waals surface area contributed by atoms with E-state index in [1.165, 1.54) is 13.2 Å². The summed E-state index contributed by atoms with van der Waals surface area (Å²) in [6.07, 6.45) is 1.59. The van der Waals surface area contributed by atoms with Gasteiger partial charge in [0.1, 0.15) is 17.2 Å². The predicted molar refractivity (Wildman–Crippen MR) is 76.2 cm³/mol. The van der Waals surface area contributed by atoms with Gasteiger partial charge in [0, 0.05) is 12.3 Å². The molecule has 0 aliphatic rings. The molecule has 0 saturated carbocycles. The number of methoxy groups -OCH3 is 1. The second kappa shape index (κ2) is 5.41. The standard InChI is InChI=1S/C14H10ClN3O3/c1-20-8-4-5-9(11(19)7-8)14-17-13(18-21-14)12-10(15)3-2-6-16-12/h2-7,19H,1H3. The lowest BCUT2D eigenvalue weighted by molar-refractivity contribution is 0.405. The highest BCUT2D eigenvalue weighted by atomic mass is 35.5. The summed E-state index contributed by atoms with van der Waals surface area (Å²) in [4.78, 5) is 8.31. The third kappa shape index (κ3) is 2.53. The largest absolute Gasteiger partial charge is 0.507 e. The molecule has 0 radical (unpaired) electrons. The smallest absolute Gasteiger partial charge is 0.262 e. The van der Waals surface area contributed by atoms with Crippen molar-refractivity contribution in [3.8, 4) is 34.5 Å². The van der Waals surface area contributed by atoms with E-state index in [0.717, 1.165) is 0 Å². The summed E-state index contributed by atoms with van der Waals surface area (Å²) < 4.78 is 10.2. The number of halogens is 1. The molecule has 0 saturated heterocycles. The molecule has 0 fully saturated rings. The summed E-state index contributed by atoms with van der Waals surface area (Å²) in [7, 11) is 1.52. The number of hydrogen-bond acceptors (Lipinski definition) is 6. The monoisotopic (exact) mass is 303 g/mol. The molecule has 2 aromatic heterocycles. The van der Waals surface area contributed by atoms with Gasteiger partial charge in [0.15, 0.2) is 0 Å². The van der Waals surface area contributed by atoms with E-state index >= 15 is 0 Å².